The Morgan fingerprint density at radius 1 is 1.26 bits per heavy atom. The Morgan fingerprint density at radius 3 is 2.66 bits per heavy atom. The van der Waals surface area contributed by atoms with E-state index in [0.717, 1.165) is 0 Å². The summed E-state index contributed by atoms with van der Waals surface area (Å²) in [4.78, 5) is 44.0. The first-order chi connectivity index (χ1) is 16.6. The number of aromatic nitrogens is 1. The third kappa shape index (κ3) is 5.37. The quantitative estimate of drug-likeness (QED) is 0.567. The number of H-pyrrole nitrogens is 1. The molecule has 35 heavy (non-hydrogen) atoms. The highest BCUT2D eigenvalue weighted by Gasteiger charge is 2.27. The summed E-state index contributed by atoms with van der Waals surface area (Å²) in [5.41, 5.74) is 3.25. The number of fused-ring (bicyclic) bond motifs is 1. The number of anilines is 1. The van der Waals surface area contributed by atoms with Crippen molar-refractivity contribution in [3.63, 3.8) is 0 Å². The highest BCUT2D eigenvalue weighted by atomic mass is 19.1. The smallest absolute Gasteiger partial charge is 0.408 e. The van der Waals surface area contributed by atoms with Crippen molar-refractivity contribution >= 4 is 35.2 Å². The van der Waals surface area contributed by atoms with Crippen LogP contribution >= 0.6 is 0 Å². The Hall–Kier alpha value is -3.66. The first-order valence-corrected chi connectivity index (χ1v) is 11.6. The molecule has 0 atom stereocenters. The average molecular weight is 484 g/mol. The minimum Gasteiger partial charge on any atom is -0.408 e. The molecule has 9 nitrogen and oxygen atoms in total. The Balaban J connectivity index is 1.40. The lowest BCUT2D eigenvalue weighted by molar-refractivity contribution is -0.132. The molecule has 3 N–H and O–H groups in total. The van der Waals surface area contributed by atoms with E-state index in [2.05, 4.69) is 15.6 Å². The van der Waals surface area contributed by atoms with E-state index in [1.54, 1.807) is 19.9 Å². The normalized spacial score (nSPS) is 17.0. The van der Waals surface area contributed by atoms with Crippen molar-refractivity contribution in [3.8, 4) is 5.75 Å². The molecule has 3 amide bonds. The summed E-state index contributed by atoms with van der Waals surface area (Å²) in [5.74, 6) is -0.296. The number of likely N-dealkylation sites (N-methyl/N-ethyl adjacent to an activating group) is 1. The fourth-order valence-corrected chi connectivity index (χ4v) is 4.43. The predicted octanol–water partition coefficient (Wildman–Crippen LogP) is 2.90. The van der Waals surface area contributed by atoms with Crippen LogP contribution in [0.1, 0.15) is 35.4 Å². The lowest BCUT2D eigenvalue weighted by Crippen LogP contribution is -2.48. The number of ether oxygens (including phenoxy) is 1. The van der Waals surface area contributed by atoms with Crippen LogP contribution < -0.4 is 15.4 Å². The van der Waals surface area contributed by atoms with Crippen molar-refractivity contribution in [2.75, 3.05) is 39.0 Å². The van der Waals surface area contributed by atoms with Crippen LogP contribution in [-0.4, -0.2) is 72.5 Å². The van der Waals surface area contributed by atoms with Crippen LogP contribution in [-0.2, 0) is 9.59 Å². The number of carbonyl (C=O) groups excluding carboxylic acids is 3. The monoisotopic (exact) mass is 483 g/mol. The molecule has 186 valence electrons. The summed E-state index contributed by atoms with van der Waals surface area (Å²) >= 11 is 0. The molecule has 4 rings (SSSR count). The zero-order valence-electron chi connectivity index (χ0n) is 20.3. The van der Waals surface area contributed by atoms with Crippen molar-refractivity contribution in [1.82, 2.24) is 20.1 Å². The molecule has 0 radical (unpaired) electrons. The molecule has 2 aliphatic heterocycles. The molecule has 10 heteroatoms. The summed E-state index contributed by atoms with van der Waals surface area (Å²) in [6.07, 6.45) is 2.37. The minimum atomic E-state index is -0.571. The number of hydrogen-bond donors (Lipinski definition) is 3. The minimum absolute atomic E-state index is 0.0811. The second-order valence-electron chi connectivity index (χ2n) is 9.25. The van der Waals surface area contributed by atoms with Gasteiger partial charge in [-0.1, -0.05) is 0 Å². The molecule has 1 fully saturated rings. The van der Waals surface area contributed by atoms with E-state index in [-0.39, 0.29) is 17.9 Å². The van der Waals surface area contributed by atoms with E-state index in [0.29, 0.717) is 72.0 Å². The zero-order chi connectivity index (χ0) is 25.3. The zero-order valence-corrected chi connectivity index (χ0v) is 20.3. The molecule has 2 aliphatic rings. The van der Waals surface area contributed by atoms with Gasteiger partial charge in [-0.3, -0.25) is 9.59 Å². The number of aryl methyl sites for hydroxylation is 1. The topological polar surface area (TPSA) is 107 Å². The highest BCUT2D eigenvalue weighted by molar-refractivity contribution is 6.34. The van der Waals surface area contributed by atoms with Crippen LogP contribution in [0.3, 0.4) is 0 Å². The molecule has 1 saturated heterocycles. The van der Waals surface area contributed by atoms with Crippen LogP contribution in [0.2, 0.25) is 0 Å². The number of carbonyl (C=O) groups is 3. The van der Waals surface area contributed by atoms with Gasteiger partial charge in [-0.15, -0.1) is 0 Å². The molecule has 3 heterocycles. The van der Waals surface area contributed by atoms with Crippen molar-refractivity contribution in [3.05, 3.63) is 46.5 Å². The number of piperidine rings is 1. The fourth-order valence-electron chi connectivity index (χ4n) is 4.43. The van der Waals surface area contributed by atoms with Crippen LogP contribution in [0, 0.1) is 19.7 Å². The van der Waals surface area contributed by atoms with Gasteiger partial charge in [0.05, 0.1) is 17.8 Å². The van der Waals surface area contributed by atoms with Gasteiger partial charge in [-0.25, -0.2) is 9.18 Å². The molecule has 0 bridgehead atoms. The van der Waals surface area contributed by atoms with Crippen LogP contribution in [0.15, 0.2) is 18.2 Å². The number of amides is 3. The van der Waals surface area contributed by atoms with Gasteiger partial charge in [-0.05, 0) is 65.1 Å². The van der Waals surface area contributed by atoms with Crippen molar-refractivity contribution in [1.29, 1.82) is 0 Å². The number of likely N-dealkylation sites (tertiary alicyclic amines) is 1. The summed E-state index contributed by atoms with van der Waals surface area (Å²) in [6.45, 7) is 5.09. The van der Waals surface area contributed by atoms with Crippen LogP contribution in [0.25, 0.3) is 11.6 Å². The standard InChI is InChI=1S/C25H30FN5O4/c1-14-21(12-19-18-11-16(26)5-6-20(18)29-24(19)33)27-15(2)23(14)35-25(34)28-17-7-9-31(10-8-17)22(32)13-30(3)4/h5-6,11-12,17,27H,7-10,13H2,1-4H3,(H,28,34)(H,29,33)/b19-12-. The van der Waals surface area contributed by atoms with Gasteiger partial charge in [0.15, 0.2) is 5.75 Å². The molecule has 0 aliphatic carbocycles. The predicted molar refractivity (Wildman–Crippen MR) is 130 cm³/mol. The van der Waals surface area contributed by atoms with Gasteiger partial charge < -0.3 is 30.2 Å². The SMILES string of the molecule is Cc1[nH]c(/C=C2\C(=O)Nc3ccc(F)cc32)c(C)c1OC(=O)NC1CCN(C(=O)CN(C)C)CC1. The maximum Gasteiger partial charge on any atom is 0.412 e. The first kappa shape index (κ1) is 24.5. The van der Waals surface area contributed by atoms with E-state index < -0.39 is 11.9 Å². The van der Waals surface area contributed by atoms with Gasteiger partial charge in [0.2, 0.25) is 5.91 Å². The average Bonchev–Trinajstić information content (AvgIpc) is 3.24. The molecule has 0 spiro atoms. The molecular formula is C25H30FN5O4. The number of aromatic amines is 1. The second-order valence-corrected chi connectivity index (χ2v) is 9.25. The van der Waals surface area contributed by atoms with E-state index in [1.807, 2.05) is 23.9 Å². The van der Waals surface area contributed by atoms with E-state index in [1.165, 1.54) is 18.2 Å². The molecule has 2 aromatic rings. The number of halogens is 1. The summed E-state index contributed by atoms with van der Waals surface area (Å²) in [5, 5.41) is 5.61. The van der Waals surface area contributed by atoms with Crippen molar-refractivity contribution < 1.29 is 23.5 Å². The number of nitrogens with one attached hydrogen (secondary N) is 3. The van der Waals surface area contributed by atoms with E-state index in [4.69, 9.17) is 4.74 Å². The van der Waals surface area contributed by atoms with Gasteiger partial charge in [-0.2, -0.15) is 0 Å². The molecule has 0 saturated carbocycles. The summed E-state index contributed by atoms with van der Waals surface area (Å²) in [6, 6.07) is 4.05. The van der Waals surface area contributed by atoms with Crippen LogP contribution in [0.4, 0.5) is 14.9 Å². The number of benzene rings is 1. The van der Waals surface area contributed by atoms with Crippen molar-refractivity contribution in [2.24, 2.45) is 0 Å². The van der Waals surface area contributed by atoms with Gasteiger partial charge in [0.25, 0.3) is 5.91 Å². The molecule has 1 aromatic carbocycles. The number of hydrogen-bond acceptors (Lipinski definition) is 5. The summed E-state index contributed by atoms with van der Waals surface area (Å²) in [7, 11) is 3.71. The lowest BCUT2D eigenvalue weighted by atomic mass is 10.0. The molecule has 1 aromatic heterocycles. The Bertz CT molecular complexity index is 1190. The summed E-state index contributed by atoms with van der Waals surface area (Å²) < 4.78 is 19.3. The van der Waals surface area contributed by atoms with Crippen LogP contribution in [0.5, 0.6) is 5.75 Å². The van der Waals surface area contributed by atoms with E-state index >= 15 is 0 Å². The lowest BCUT2D eigenvalue weighted by Gasteiger charge is -2.32. The largest absolute Gasteiger partial charge is 0.412 e. The maximum atomic E-state index is 13.7. The number of nitrogens with zero attached hydrogens (tertiary/aromatic N) is 2. The third-order valence-electron chi connectivity index (χ3n) is 6.28. The van der Waals surface area contributed by atoms with Crippen molar-refractivity contribution in [2.45, 2.75) is 32.7 Å². The Labute approximate surface area is 203 Å². The Morgan fingerprint density at radius 2 is 1.97 bits per heavy atom. The highest BCUT2D eigenvalue weighted by Crippen LogP contribution is 2.35. The number of rotatable bonds is 5. The maximum absolute atomic E-state index is 13.7. The molecular weight excluding hydrogens is 453 g/mol. The van der Waals surface area contributed by atoms with Gasteiger partial charge in [0, 0.05) is 41.6 Å². The first-order valence-electron chi connectivity index (χ1n) is 11.6. The molecule has 0 unspecified atom stereocenters. The second kappa shape index (κ2) is 9.91. The Kier molecular flexibility index (Phi) is 6.93. The third-order valence-corrected chi connectivity index (χ3v) is 6.28. The van der Waals surface area contributed by atoms with Gasteiger partial charge >= 0.3 is 6.09 Å². The van der Waals surface area contributed by atoms with E-state index in [9.17, 15) is 18.8 Å². The fraction of sp³-hybridized carbons (Fsp3) is 0.400. The van der Waals surface area contributed by atoms with Gasteiger partial charge in [0.1, 0.15) is 5.82 Å².